The smallest absolute Gasteiger partial charge is 0.416 e. The zero-order chi connectivity index (χ0) is 17.2. The molecule has 7 heteroatoms. The van der Waals surface area contributed by atoms with Crippen LogP contribution in [0.3, 0.4) is 0 Å². The predicted molar refractivity (Wildman–Crippen MR) is 76.6 cm³/mol. The molecule has 4 nitrogen and oxygen atoms in total. The Morgan fingerprint density at radius 2 is 1.91 bits per heavy atom. The van der Waals surface area contributed by atoms with E-state index < -0.39 is 29.7 Å². The van der Waals surface area contributed by atoms with E-state index in [4.69, 9.17) is 0 Å². The molecular weight excluding hydrogens is 311 g/mol. The molecule has 1 aromatic rings. The summed E-state index contributed by atoms with van der Waals surface area (Å²) in [5.41, 5.74) is -0.155. The number of hydrogen-bond donors (Lipinski definition) is 0. The third kappa shape index (κ3) is 3.90. The van der Waals surface area contributed by atoms with E-state index in [1.165, 1.54) is 19.2 Å². The molecule has 1 aliphatic rings. The van der Waals surface area contributed by atoms with Gasteiger partial charge in [0.15, 0.2) is 0 Å². The van der Waals surface area contributed by atoms with Crippen LogP contribution in [0.1, 0.15) is 30.0 Å². The molecule has 0 aromatic heterocycles. The number of halogens is 3. The fourth-order valence-electron chi connectivity index (χ4n) is 2.94. The molecule has 2 rings (SSSR count). The van der Waals surface area contributed by atoms with Gasteiger partial charge in [0.25, 0.3) is 0 Å². The molecule has 0 amide bonds. The van der Waals surface area contributed by atoms with Crippen molar-refractivity contribution in [3.8, 4) is 0 Å². The van der Waals surface area contributed by atoms with Gasteiger partial charge in [-0.2, -0.15) is 13.2 Å². The molecular formula is C16H18F3NO3. The standard InChI is InChI=1S/C16H18F3NO3/c1-20-8-7-13(21)12(9-14(22)23-2)15(20)10-3-5-11(6-4-10)16(17,18)19/h3-6,12,15H,7-9H2,1-2H3/t12-,15+/m0/s1. The number of alkyl halides is 3. The number of Topliss-reactive ketones (excluding diaryl/α,β-unsaturated/α-hetero) is 1. The second-order valence-corrected chi connectivity index (χ2v) is 5.65. The van der Waals surface area contributed by atoms with Crippen LogP contribution in [0.2, 0.25) is 0 Å². The maximum Gasteiger partial charge on any atom is 0.416 e. The summed E-state index contributed by atoms with van der Waals surface area (Å²) in [4.78, 5) is 25.6. The van der Waals surface area contributed by atoms with E-state index in [0.29, 0.717) is 18.5 Å². The lowest BCUT2D eigenvalue weighted by molar-refractivity contribution is -0.146. The van der Waals surface area contributed by atoms with Gasteiger partial charge in [0.2, 0.25) is 0 Å². The van der Waals surface area contributed by atoms with Crippen molar-refractivity contribution >= 4 is 11.8 Å². The van der Waals surface area contributed by atoms with Crippen molar-refractivity contribution in [3.05, 3.63) is 35.4 Å². The Morgan fingerprint density at radius 1 is 1.30 bits per heavy atom. The molecule has 0 aliphatic carbocycles. The fourth-order valence-corrected chi connectivity index (χ4v) is 2.94. The molecule has 0 saturated carbocycles. The molecule has 2 atom stereocenters. The van der Waals surface area contributed by atoms with Crippen molar-refractivity contribution in [2.24, 2.45) is 5.92 Å². The summed E-state index contributed by atoms with van der Waals surface area (Å²) in [5, 5.41) is 0. The Labute approximate surface area is 132 Å². The van der Waals surface area contributed by atoms with E-state index in [1.54, 1.807) is 7.05 Å². The van der Waals surface area contributed by atoms with Crippen LogP contribution in [0, 0.1) is 5.92 Å². The highest BCUT2D eigenvalue weighted by Gasteiger charge is 2.38. The van der Waals surface area contributed by atoms with Gasteiger partial charge in [-0.25, -0.2) is 0 Å². The third-order valence-electron chi connectivity index (χ3n) is 4.17. The molecule has 1 heterocycles. The van der Waals surface area contributed by atoms with E-state index in [9.17, 15) is 22.8 Å². The summed E-state index contributed by atoms with van der Waals surface area (Å²) in [6.07, 6.45) is -4.17. The number of benzene rings is 1. The normalized spacial score (nSPS) is 22.9. The minimum absolute atomic E-state index is 0.0709. The summed E-state index contributed by atoms with van der Waals surface area (Å²) in [7, 11) is 3.03. The topological polar surface area (TPSA) is 46.6 Å². The molecule has 0 bridgehead atoms. The summed E-state index contributed by atoms with van der Waals surface area (Å²) < 4.78 is 42.6. The molecule has 0 radical (unpaired) electrons. The highest BCUT2D eigenvalue weighted by Crippen LogP contribution is 2.37. The first-order chi connectivity index (χ1) is 10.7. The molecule has 1 aromatic carbocycles. The maximum absolute atomic E-state index is 12.7. The number of carbonyl (C=O) groups excluding carboxylic acids is 2. The van der Waals surface area contributed by atoms with Gasteiger partial charge in [-0.05, 0) is 24.7 Å². The summed E-state index contributed by atoms with van der Waals surface area (Å²) in [6, 6.07) is 4.30. The Hall–Kier alpha value is -1.89. The number of esters is 1. The van der Waals surface area contributed by atoms with Gasteiger partial charge < -0.3 is 4.74 Å². The molecule has 0 unspecified atom stereocenters. The molecule has 1 saturated heterocycles. The fraction of sp³-hybridized carbons (Fsp3) is 0.500. The summed E-state index contributed by atoms with van der Waals surface area (Å²) >= 11 is 0. The number of nitrogens with zero attached hydrogens (tertiary/aromatic N) is 1. The lowest BCUT2D eigenvalue weighted by Gasteiger charge is -2.38. The van der Waals surface area contributed by atoms with E-state index >= 15 is 0 Å². The number of hydrogen-bond acceptors (Lipinski definition) is 4. The number of likely N-dealkylation sites (tertiary alicyclic amines) is 1. The molecule has 126 valence electrons. The number of carbonyl (C=O) groups is 2. The van der Waals surface area contributed by atoms with Gasteiger partial charge in [0.05, 0.1) is 19.1 Å². The molecule has 0 N–H and O–H groups in total. The summed E-state index contributed by atoms with van der Waals surface area (Å²) in [6.45, 7) is 0.502. The van der Waals surface area contributed by atoms with Crippen LogP contribution in [-0.2, 0) is 20.5 Å². The van der Waals surface area contributed by atoms with Gasteiger partial charge >= 0.3 is 12.1 Å². The van der Waals surface area contributed by atoms with Crippen LogP contribution in [-0.4, -0.2) is 37.4 Å². The third-order valence-corrected chi connectivity index (χ3v) is 4.17. The average Bonchev–Trinajstić information content (AvgIpc) is 2.50. The first-order valence-electron chi connectivity index (χ1n) is 7.21. The zero-order valence-electron chi connectivity index (χ0n) is 12.9. The number of ketones is 1. The number of rotatable bonds is 3. The first kappa shape index (κ1) is 17.5. The van der Waals surface area contributed by atoms with Crippen molar-refractivity contribution in [1.29, 1.82) is 0 Å². The highest BCUT2D eigenvalue weighted by atomic mass is 19.4. The van der Waals surface area contributed by atoms with Crippen molar-refractivity contribution in [1.82, 2.24) is 4.90 Å². The lowest BCUT2D eigenvalue weighted by atomic mass is 9.81. The van der Waals surface area contributed by atoms with Gasteiger partial charge in [0, 0.05) is 24.9 Å². The van der Waals surface area contributed by atoms with E-state index in [0.717, 1.165) is 12.1 Å². The number of methoxy groups -OCH3 is 1. The van der Waals surface area contributed by atoms with Crippen molar-refractivity contribution in [2.75, 3.05) is 20.7 Å². The van der Waals surface area contributed by atoms with Gasteiger partial charge in [-0.1, -0.05) is 12.1 Å². The van der Waals surface area contributed by atoms with Crippen LogP contribution in [0.4, 0.5) is 13.2 Å². The van der Waals surface area contributed by atoms with Crippen LogP contribution in [0.15, 0.2) is 24.3 Å². The molecule has 1 fully saturated rings. The van der Waals surface area contributed by atoms with E-state index in [-0.39, 0.29) is 12.2 Å². The van der Waals surface area contributed by atoms with Crippen LogP contribution in [0.25, 0.3) is 0 Å². The highest BCUT2D eigenvalue weighted by molar-refractivity contribution is 5.87. The second kappa shape index (κ2) is 6.70. The number of piperidine rings is 1. The minimum atomic E-state index is -4.40. The SMILES string of the molecule is COC(=O)C[C@H]1C(=O)CCN(C)[C@@H]1c1ccc(C(F)(F)F)cc1. The lowest BCUT2D eigenvalue weighted by Crippen LogP contribution is -2.42. The van der Waals surface area contributed by atoms with E-state index in [2.05, 4.69) is 4.74 Å². The predicted octanol–water partition coefficient (Wildman–Crippen LogP) is 2.83. The van der Waals surface area contributed by atoms with Gasteiger partial charge in [0.1, 0.15) is 5.78 Å². The quantitative estimate of drug-likeness (QED) is 0.800. The van der Waals surface area contributed by atoms with Crippen LogP contribution < -0.4 is 0 Å². The molecule has 0 spiro atoms. The van der Waals surface area contributed by atoms with E-state index in [1.807, 2.05) is 4.90 Å². The van der Waals surface area contributed by atoms with Crippen molar-refractivity contribution in [3.63, 3.8) is 0 Å². The van der Waals surface area contributed by atoms with Crippen molar-refractivity contribution in [2.45, 2.75) is 25.1 Å². The minimum Gasteiger partial charge on any atom is -0.469 e. The first-order valence-corrected chi connectivity index (χ1v) is 7.21. The van der Waals surface area contributed by atoms with Gasteiger partial charge in [-0.3, -0.25) is 14.5 Å². The Morgan fingerprint density at radius 3 is 2.43 bits per heavy atom. The number of ether oxygens (including phenoxy) is 1. The van der Waals surface area contributed by atoms with Crippen LogP contribution >= 0.6 is 0 Å². The monoisotopic (exact) mass is 329 g/mol. The zero-order valence-corrected chi connectivity index (χ0v) is 12.9. The average molecular weight is 329 g/mol. The summed E-state index contributed by atoms with van der Waals surface area (Å²) in [5.74, 6) is -1.19. The Kier molecular flexibility index (Phi) is 5.09. The van der Waals surface area contributed by atoms with Crippen molar-refractivity contribution < 1.29 is 27.5 Å². The van der Waals surface area contributed by atoms with Crippen LogP contribution in [0.5, 0.6) is 0 Å². The second-order valence-electron chi connectivity index (χ2n) is 5.65. The maximum atomic E-state index is 12.7. The molecule has 1 aliphatic heterocycles. The Balaban J connectivity index is 2.31. The Bertz CT molecular complexity index is 583. The largest absolute Gasteiger partial charge is 0.469 e. The molecule has 23 heavy (non-hydrogen) atoms. The van der Waals surface area contributed by atoms with Gasteiger partial charge in [-0.15, -0.1) is 0 Å².